The summed E-state index contributed by atoms with van der Waals surface area (Å²) in [6.45, 7) is 3.91. The highest BCUT2D eigenvalue weighted by Crippen LogP contribution is 2.22. The Morgan fingerprint density at radius 2 is 1.65 bits per heavy atom. The van der Waals surface area contributed by atoms with Gasteiger partial charge in [-0.15, -0.1) is 10.2 Å². The molecule has 0 aliphatic heterocycles. The first-order valence-corrected chi connectivity index (χ1v) is 10.6. The van der Waals surface area contributed by atoms with E-state index in [9.17, 15) is 4.79 Å². The number of nitrogens with one attached hydrogen (secondary N) is 2. The van der Waals surface area contributed by atoms with Gasteiger partial charge in [0.05, 0.1) is 5.69 Å². The number of benzene rings is 2. The lowest BCUT2D eigenvalue weighted by molar-refractivity contribution is 0.101. The second-order valence-corrected chi connectivity index (χ2v) is 7.71. The Kier molecular flexibility index (Phi) is 5.57. The van der Waals surface area contributed by atoms with Crippen molar-refractivity contribution >= 4 is 23.1 Å². The number of anilines is 3. The highest BCUT2D eigenvalue weighted by molar-refractivity contribution is 6.03. The van der Waals surface area contributed by atoms with E-state index in [-0.39, 0.29) is 11.6 Å². The van der Waals surface area contributed by atoms with Gasteiger partial charge in [-0.05, 0) is 56.3 Å². The fraction of sp³-hybridized carbons (Fsp3) is 0.0800. The molecule has 3 aromatic heterocycles. The van der Waals surface area contributed by atoms with E-state index in [1.165, 1.54) is 0 Å². The predicted octanol–water partition coefficient (Wildman–Crippen LogP) is 4.93. The molecule has 1 amide bonds. The molecule has 3 heterocycles. The minimum Gasteiger partial charge on any atom is -0.355 e. The maximum Gasteiger partial charge on any atom is 0.277 e. The summed E-state index contributed by atoms with van der Waals surface area (Å²) in [4.78, 5) is 12.5. The summed E-state index contributed by atoms with van der Waals surface area (Å²) in [5.41, 5.74) is 4.42. The normalized spacial score (nSPS) is 10.8. The molecule has 0 fully saturated rings. The van der Waals surface area contributed by atoms with Crippen LogP contribution in [0.4, 0.5) is 17.2 Å². The number of carbonyl (C=O) groups is 1. The van der Waals surface area contributed by atoms with Gasteiger partial charge in [0.15, 0.2) is 23.1 Å². The molecule has 168 valence electrons. The third-order valence-corrected chi connectivity index (χ3v) is 5.09. The summed E-state index contributed by atoms with van der Waals surface area (Å²) in [6, 6.07) is 24.0. The van der Waals surface area contributed by atoms with Crippen LogP contribution in [-0.2, 0) is 0 Å². The standard InChI is InChI=1S/C25H21N7O2/c1-16-14-17(2)32(30-16)24-13-12-23(28-29-24)26-19-8-10-20(11-9-19)27-25(33)21-15-22(34-31-21)18-6-4-3-5-7-18/h3-15H,1-2H3,(H,26,28)(H,27,33). The van der Waals surface area contributed by atoms with Crippen LogP contribution in [-0.4, -0.2) is 31.0 Å². The SMILES string of the molecule is Cc1cc(C)n(-c2ccc(Nc3ccc(NC(=O)c4cc(-c5ccccc5)on4)cc3)nn2)n1. The highest BCUT2D eigenvalue weighted by atomic mass is 16.5. The molecule has 0 atom stereocenters. The average Bonchev–Trinajstić information content (AvgIpc) is 3.48. The van der Waals surface area contributed by atoms with Gasteiger partial charge in [-0.3, -0.25) is 4.79 Å². The van der Waals surface area contributed by atoms with Crippen molar-refractivity contribution in [1.29, 1.82) is 0 Å². The molecular formula is C25H21N7O2. The van der Waals surface area contributed by atoms with Crippen LogP contribution >= 0.6 is 0 Å². The van der Waals surface area contributed by atoms with Gasteiger partial charge in [0, 0.05) is 28.7 Å². The number of rotatable bonds is 6. The van der Waals surface area contributed by atoms with Crippen molar-refractivity contribution < 1.29 is 9.32 Å². The maximum atomic E-state index is 12.5. The lowest BCUT2D eigenvalue weighted by atomic mass is 10.1. The monoisotopic (exact) mass is 451 g/mol. The van der Waals surface area contributed by atoms with E-state index in [1.54, 1.807) is 22.9 Å². The van der Waals surface area contributed by atoms with Gasteiger partial charge in [0.2, 0.25) is 0 Å². The molecular weight excluding hydrogens is 430 g/mol. The zero-order valence-corrected chi connectivity index (χ0v) is 18.6. The van der Waals surface area contributed by atoms with Crippen LogP contribution in [0.25, 0.3) is 17.1 Å². The molecule has 0 saturated carbocycles. The van der Waals surface area contributed by atoms with E-state index in [0.717, 1.165) is 22.6 Å². The quantitative estimate of drug-likeness (QED) is 0.376. The smallest absolute Gasteiger partial charge is 0.277 e. The first-order valence-electron chi connectivity index (χ1n) is 10.6. The first-order chi connectivity index (χ1) is 16.5. The molecule has 0 aliphatic carbocycles. The largest absolute Gasteiger partial charge is 0.355 e. The number of hydrogen-bond acceptors (Lipinski definition) is 7. The minimum absolute atomic E-state index is 0.207. The van der Waals surface area contributed by atoms with Crippen LogP contribution in [0.2, 0.25) is 0 Å². The van der Waals surface area contributed by atoms with Gasteiger partial charge in [0.1, 0.15) is 0 Å². The van der Waals surface area contributed by atoms with Crippen LogP contribution in [0.1, 0.15) is 21.9 Å². The molecule has 9 nitrogen and oxygen atoms in total. The Bertz CT molecular complexity index is 1420. The number of carbonyl (C=O) groups excluding carboxylic acids is 1. The summed E-state index contributed by atoms with van der Waals surface area (Å²) in [5.74, 6) is 1.43. The zero-order valence-electron chi connectivity index (χ0n) is 18.6. The third kappa shape index (κ3) is 4.53. The van der Waals surface area contributed by atoms with E-state index in [1.807, 2.05) is 74.5 Å². The predicted molar refractivity (Wildman–Crippen MR) is 128 cm³/mol. The van der Waals surface area contributed by atoms with Gasteiger partial charge in [-0.1, -0.05) is 35.5 Å². The summed E-state index contributed by atoms with van der Waals surface area (Å²) in [5, 5.41) is 22.8. The van der Waals surface area contributed by atoms with Crippen LogP contribution in [0.15, 0.2) is 83.4 Å². The van der Waals surface area contributed by atoms with Crippen LogP contribution in [0.3, 0.4) is 0 Å². The van der Waals surface area contributed by atoms with Crippen LogP contribution < -0.4 is 10.6 Å². The van der Waals surface area contributed by atoms with Crippen molar-refractivity contribution in [1.82, 2.24) is 25.1 Å². The van der Waals surface area contributed by atoms with Gasteiger partial charge in [-0.25, -0.2) is 4.68 Å². The average molecular weight is 451 g/mol. The Morgan fingerprint density at radius 1 is 0.882 bits per heavy atom. The lowest BCUT2D eigenvalue weighted by Gasteiger charge is -2.08. The van der Waals surface area contributed by atoms with E-state index in [4.69, 9.17) is 4.52 Å². The van der Waals surface area contributed by atoms with Crippen molar-refractivity contribution in [2.75, 3.05) is 10.6 Å². The minimum atomic E-state index is -0.350. The van der Waals surface area contributed by atoms with E-state index in [0.29, 0.717) is 23.1 Å². The number of hydrogen-bond donors (Lipinski definition) is 2. The molecule has 0 aliphatic rings. The molecule has 34 heavy (non-hydrogen) atoms. The molecule has 0 spiro atoms. The fourth-order valence-electron chi connectivity index (χ4n) is 3.47. The molecule has 0 unspecified atom stereocenters. The summed E-state index contributed by atoms with van der Waals surface area (Å²) >= 11 is 0. The Hall–Kier alpha value is -4.79. The van der Waals surface area contributed by atoms with Crippen molar-refractivity contribution in [2.24, 2.45) is 0 Å². The van der Waals surface area contributed by atoms with Gasteiger partial charge < -0.3 is 15.2 Å². The van der Waals surface area contributed by atoms with E-state index < -0.39 is 0 Å². The molecule has 0 bridgehead atoms. The van der Waals surface area contributed by atoms with E-state index in [2.05, 4.69) is 31.1 Å². The fourth-order valence-corrected chi connectivity index (χ4v) is 3.47. The van der Waals surface area contributed by atoms with Crippen molar-refractivity contribution in [2.45, 2.75) is 13.8 Å². The molecule has 5 rings (SSSR count). The molecule has 2 N–H and O–H groups in total. The van der Waals surface area contributed by atoms with E-state index >= 15 is 0 Å². The summed E-state index contributed by atoms with van der Waals surface area (Å²) in [6.07, 6.45) is 0. The van der Waals surface area contributed by atoms with Crippen molar-refractivity contribution in [3.63, 3.8) is 0 Å². The van der Waals surface area contributed by atoms with Crippen LogP contribution in [0, 0.1) is 13.8 Å². The molecule has 2 aromatic carbocycles. The Balaban J connectivity index is 1.21. The summed E-state index contributed by atoms with van der Waals surface area (Å²) in [7, 11) is 0. The first kappa shape index (κ1) is 21.1. The number of amides is 1. The number of aromatic nitrogens is 5. The highest BCUT2D eigenvalue weighted by Gasteiger charge is 2.14. The second-order valence-electron chi connectivity index (χ2n) is 7.71. The summed E-state index contributed by atoms with van der Waals surface area (Å²) < 4.78 is 7.05. The maximum absolute atomic E-state index is 12.5. The Morgan fingerprint density at radius 3 is 2.32 bits per heavy atom. The molecule has 5 aromatic rings. The number of aryl methyl sites for hydroxylation is 2. The molecule has 0 radical (unpaired) electrons. The van der Waals surface area contributed by atoms with Crippen LogP contribution in [0.5, 0.6) is 0 Å². The lowest BCUT2D eigenvalue weighted by Crippen LogP contribution is -2.12. The van der Waals surface area contributed by atoms with Gasteiger partial charge in [-0.2, -0.15) is 5.10 Å². The topological polar surface area (TPSA) is 111 Å². The third-order valence-electron chi connectivity index (χ3n) is 5.09. The zero-order chi connectivity index (χ0) is 23.5. The Labute approximate surface area is 195 Å². The van der Waals surface area contributed by atoms with Crippen molar-refractivity contribution in [3.05, 3.63) is 95.9 Å². The van der Waals surface area contributed by atoms with Gasteiger partial charge >= 0.3 is 0 Å². The molecule has 0 saturated heterocycles. The van der Waals surface area contributed by atoms with Gasteiger partial charge in [0.25, 0.3) is 5.91 Å². The number of nitrogens with zero attached hydrogens (tertiary/aromatic N) is 5. The van der Waals surface area contributed by atoms with Crippen molar-refractivity contribution in [3.8, 4) is 17.1 Å². The molecule has 9 heteroatoms. The second kappa shape index (κ2) is 8.99.